The van der Waals surface area contributed by atoms with Crippen LogP contribution >= 0.6 is 0 Å². The van der Waals surface area contributed by atoms with Crippen molar-refractivity contribution in [1.29, 1.82) is 0 Å². The summed E-state index contributed by atoms with van der Waals surface area (Å²) in [4.78, 5) is 2.47. The monoisotopic (exact) mass is 1010 g/mol. The van der Waals surface area contributed by atoms with E-state index in [0.29, 0.717) is 0 Å². The van der Waals surface area contributed by atoms with Gasteiger partial charge in [-0.25, -0.2) is 0 Å². The Morgan fingerprint density at radius 1 is 0.304 bits per heavy atom. The van der Waals surface area contributed by atoms with Crippen LogP contribution in [0.25, 0.3) is 66.4 Å². The SMILES string of the molecule is C1=CCC(C2(c3ccccc3)c3ccccc3-c3ccc(N(c4ccc(-c5cccc(-c6ccc7ccccc7c6)c5)cc4)c4ccc(-c5cccc6c5-c5ccccc5C6(c5ccccc5)c5ccccc5)cc4)cc32)C=C1. The minimum Gasteiger partial charge on any atom is -0.310 e. The summed E-state index contributed by atoms with van der Waals surface area (Å²) in [5, 5.41) is 2.50. The summed E-state index contributed by atoms with van der Waals surface area (Å²) in [5.74, 6) is 0.218. The maximum atomic E-state index is 2.51. The summed E-state index contributed by atoms with van der Waals surface area (Å²) >= 11 is 0. The van der Waals surface area contributed by atoms with Gasteiger partial charge in [0.1, 0.15) is 0 Å². The van der Waals surface area contributed by atoms with Crippen LogP contribution in [0.4, 0.5) is 17.1 Å². The lowest BCUT2D eigenvalue weighted by Gasteiger charge is -2.40. The molecule has 3 aliphatic carbocycles. The van der Waals surface area contributed by atoms with Crippen LogP contribution in [0.2, 0.25) is 0 Å². The molecule has 15 rings (SSSR count). The largest absolute Gasteiger partial charge is 0.310 e. The second-order valence-corrected chi connectivity index (χ2v) is 21.4. The molecule has 79 heavy (non-hydrogen) atoms. The standard InChI is InChI=1S/C78H55N/c1-5-25-61(26-6-1)77(62-27-7-2-8-28-62)73-37-18-16-34-71(73)76-68(35-20-38-74(76)77)56-43-47-66(48-44-56)79(65-45-41-55(42-46-65)58-23-19-24-59(51-58)60-40-39-54-21-13-14-22-57(54)52-60)67-49-50-70-69-33-15-17-36-72(69)78(75(70)53-67,63-29-9-3-10-30-63)64-31-11-4-12-32-64/h1-31,33-53,64H,32H2. The summed E-state index contributed by atoms with van der Waals surface area (Å²) in [6.07, 6.45) is 10.2. The molecule has 0 aliphatic heterocycles. The Balaban J connectivity index is 0.884. The summed E-state index contributed by atoms with van der Waals surface area (Å²) < 4.78 is 0. The predicted molar refractivity (Wildman–Crippen MR) is 330 cm³/mol. The number of nitrogens with zero attached hydrogens (tertiary/aromatic N) is 1. The van der Waals surface area contributed by atoms with Gasteiger partial charge < -0.3 is 4.90 Å². The second-order valence-electron chi connectivity index (χ2n) is 21.4. The summed E-state index contributed by atoms with van der Waals surface area (Å²) in [5.41, 5.74) is 23.9. The molecule has 1 nitrogen and oxygen atoms in total. The van der Waals surface area contributed by atoms with E-state index in [-0.39, 0.29) is 5.92 Å². The molecule has 0 aromatic heterocycles. The van der Waals surface area contributed by atoms with E-state index in [2.05, 4.69) is 320 Å². The van der Waals surface area contributed by atoms with Gasteiger partial charge >= 0.3 is 0 Å². The van der Waals surface area contributed by atoms with Gasteiger partial charge in [0, 0.05) is 17.1 Å². The highest BCUT2D eigenvalue weighted by Crippen LogP contribution is 2.60. The molecule has 1 heteroatoms. The van der Waals surface area contributed by atoms with E-state index >= 15 is 0 Å². The van der Waals surface area contributed by atoms with E-state index in [0.717, 1.165) is 23.5 Å². The van der Waals surface area contributed by atoms with Crippen LogP contribution in [-0.4, -0.2) is 0 Å². The van der Waals surface area contributed by atoms with Crippen LogP contribution < -0.4 is 4.90 Å². The first-order valence-corrected chi connectivity index (χ1v) is 27.8. The molecule has 0 N–H and O–H groups in total. The Bertz CT molecular complexity index is 4280. The van der Waals surface area contributed by atoms with Gasteiger partial charge in [0.15, 0.2) is 0 Å². The Morgan fingerprint density at radius 2 is 0.823 bits per heavy atom. The minimum atomic E-state index is -0.475. The molecule has 12 aromatic rings. The first kappa shape index (κ1) is 46.5. The molecule has 12 aromatic carbocycles. The van der Waals surface area contributed by atoms with Crippen LogP contribution in [0.15, 0.2) is 315 Å². The molecule has 0 saturated carbocycles. The van der Waals surface area contributed by atoms with Crippen LogP contribution in [0.1, 0.15) is 45.4 Å². The Labute approximate surface area is 463 Å². The molecule has 0 radical (unpaired) electrons. The summed E-state index contributed by atoms with van der Waals surface area (Å²) in [7, 11) is 0. The van der Waals surface area contributed by atoms with Gasteiger partial charge in [-0.05, 0) is 166 Å². The fourth-order valence-electron chi connectivity index (χ4n) is 14.0. The number of allylic oxidation sites excluding steroid dienone is 4. The molecule has 0 bridgehead atoms. The fourth-order valence-corrected chi connectivity index (χ4v) is 14.0. The van der Waals surface area contributed by atoms with E-state index in [9.17, 15) is 0 Å². The van der Waals surface area contributed by atoms with Crippen molar-refractivity contribution < 1.29 is 0 Å². The zero-order valence-electron chi connectivity index (χ0n) is 43.8. The topological polar surface area (TPSA) is 3.24 Å². The molecule has 0 fully saturated rings. The quantitative estimate of drug-likeness (QED) is 0.132. The summed E-state index contributed by atoms with van der Waals surface area (Å²) in [6, 6.07) is 109. The Hall–Kier alpha value is -9.82. The van der Waals surface area contributed by atoms with Gasteiger partial charge in [-0.2, -0.15) is 0 Å². The molecule has 0 saturated heterocycles. The number of hydrogen-bond donors (Lipinski definition) is 0. The van der Waals surface area contributed by atoms with E-state index in [1.165, 1.54) is 105 Å². The highest BCUT2D eigenvalue weighted by atomic mass is 15.1. The number of benzene rings is 12. The number of hydrogen-bond acceptors (Lipinski definition) is 1. The number of fused-ring (bicyclic) bond motifs is 7. The molecule has 2 unspecified atom stereocenters. The van der Waals surface area contributed by atoms with Gasteiger partial charge in [0.2, 0.25) is 0 Å². The minimum absolute atomic E-state index is 0.218. The van der Waals surface area contributed by atoms with Crippen molar-refractivity contribution in [2.45, 2.75) is 17.3 Å². The van der Waals surface area contributed by atoms with E-state index in [1.807, 2.05) is 0 Å². The molecule has 0 amide bonds. The van der Waals surface area contributed by atoms with Crippen molar-refractivity contribution >= 4 is 27.8 Å². The molecule has 0 spiro atoms. The van der Waals surface area contributed by atoms with Crippen LogP contribution in [0, 0.1) is 5.92 Å². The smallest absolute Gasteiger partial charge is 0.0713 e. The molecule has 3 aliphatic rings. The van der Waals surface area contributed by atoms with Crippen molar-refractivity contribution in [2.24, 2.45) is 5.92 Å². The highest BCUT2D eigenvalue weighted by molar-refractivity contribution is 5.96. The predicted octanol–water partition coefficient (Wildman–Crippen LogP) is 20.1. The van der Waals surface area contributed by atoms with E-state index < -0.39 is 10.8 Å². The van der Waals surface area contributed by atoms with Crippen LogP contribution in [0.5, 0.6) is 0 Å². The number of rotatable bonds is 10. The second kappa shape index (κ2) is 19.0. The van der Waals surface area contributed by atoms with E-state index in [1.54, 1.807) is 0 Å². The van der Waals surface area contributed by atoms with Gasteiger partial charge in [-0.1, -0.05) is 267 Å². The normalized spacial score (nSPS) is 16.2. The maximum Gasteiger partial charge on any atom is 0.0713 e. The average Bonchev–Trinajstić information content (AvgIpc) is 3.35. The Kier molecular flexibility index (Phi) is 11.2. The average molecular weight is 1010 g/mol. The van der Waals surface area contributed by atoms with E-state index in [4.69, 9.17) is 0 Å². The fraction of sp³-hybridized carbons (Fsp3) is 0.0513. The van der Waals surface area contributed by atoms with Crippen molar-refractivity contribution in [2.75, 3.05) is 4.90 Å². The third-order valence-electron chi connectivity index (χ3n) is 17.4. The molecule has 2 atom stereocenters. The lowest BCUT2D eigenvalue weighted by Crippen LogP contribution is -2.35. The van der Waals surface area contributed by atoms with Gasteiger partial charge in [-0.15, -0.1) is 0 Å². The molecular formula is C78H55N. The third-order valence-corrected chi connectivity index (χ3v) is 17.4. The van der Waals surface area contributed by atoms with Crippen LogP contribution in [0.3, 0.4) is 0 Å². The van der Waals surface area contributed by atoms with Crippen molar-refractivity contribution in [3.05, 3.63) is 354 Å². The first-order valence-electron chi connectivity index (χ1n) is 27.8. The lowest BCUT2D eigenvalue weighted by atomic mass is 9.62. The zero-order valence-corrected chi connectivity index (χ0v) is 43.8. The zero-order chi connectivity index (χ0) is 52.3. The third kappa shape index (κ3) is 7.38. The first-order chi connectivity index (χ1) is 39.2. The van der Waals surface area contributed by atoms with Gasteiger partial charge in [0.25, 0.3) is 0 Å². The van der Waals surface area contributed by atoms with Gasteiger partial charge in [-0.3, -0.25) is 0 Å². The molecule has 372 valence electrons. The highest BCUT2D eigenvalue weighted by Gasteiger charge is 2.50. The Morgan fingerprint density at radius 3 is 1.52 bits per heavy atom. The van der Waals surface area contributed by atoms with Crippen molar-refractivity contribution in [1.82, 2.24) is 0 Å². The maximum absolute atomic E-state index is 2.51. The van der Waals surface area contributed by atoms with Gasteiger partial charge in [0.05, 0.1) is 10.8 Å². The summed E-state index contributed by atoms with van der Waals surface area (Å²) in [6.45, 7) is 0. The van der Waals surface area contributed by atoms with Crippen LogP contribution in [-0.2, 0) is 10.8 Å². The molecule has 0 heterocycles. The van der Waals surface area contributed by atoms with Crippen molar-refractivity contribution in [3.63, 3.8) is 0 Å². The molecular weight excluding hydrogens is 951 g/mol. The lowest BCUT2D eigenvalue weighted by molar-refractivity contribution is 0.457. The number of anilines is 3. The van der Waals surface area contributed by atoms with Crippen molar-refractivity contribution in [3.8, 4) is 55.6 Å².